The molecule has 124 valence electrons. The zero-order valence-corrected chi connectivity index (χ0v) is 14.3. The number of halogens is 1. The number of sulfonamides is 1. The van der Waals surface area contributed by atoms with E-state index in [2.05, 4.69) is 5.32 Å². The number of nitrogens with one attached hydrogen (secondary N) is 1. The molecule has 24 heavy (non-hydrogen) atoms. The molecule has 0 fully saturated rings. The number of amides is 1. The van der Waals surface area contributed by atoms with Crippen molar-refractivity contribution in [2.24, 2.45) is 0 Å². The summed E-state index contributed by atoms with van der Waals surface area (Å²) in [5, 5.41) is 12.0. The minimum atomic E-state index is -3.70. The van der Waals surface area contributed by atoms with Crippen LogP contribution in [0.25, 0.3) is 0 Å². The summed E-state index contributed by atoms with van der Waals surface area (Å²) in [4.78, 5) is 12.2. The van der Waals surface area contributed by atoms with Gasteiger partial charge in [-0.1, -0.05) is 23.7 Å². The molecule has 0 aliphatic carbocycles. The quantitative estimate of drug-likeness (QED) is 0.884. The molecule has 0 unspecified atom stereocenters. The van der Waals surface area contributed by atoms with Crippen LogP contribution in [0.1, 0.15) is 5.56 Å². The number of carbonyl (C=O) groups excluding carboxylic acids is 1. The zero-order valence-electron chi connectivity index (χ0n) is 12.7. The molecule has 0 saturated heterocycles. The molecule has 0 spiro atoms. The van der Waals surface area contributed by atoms with Crippen LogP contribution in [0.4, 0.5) is 11.4 Å². The number of nitrogens with zero attached hydrogens (tertiary/aromatic N) is 2. The highest BCUT2D eigenvalue weighted by Crippen LogP contribution is 2.20. The van der Waals surface area contributed by atoms with Crippen LogP contribution < -0.4 is 9.62 Å². The van der Waals surface area contributed by atoms with E-state index in [1.54, 1.807) is 36.4 Å². The molecule has 0 aliphatic rings. The predicted molar refractivity (Wildman–Crippen MR) is 93.4 cm³/mol. The number of anilines is 2. The van der Waals surface area contributed by atoms with Crippen molar-refractivity contribution in [3.63, 3.8) is 0 Å². The Morgan fingerprint density at radius 3 is 2.58 bits per heavy atom. The molecule has 8 heteroatoms. The van der Waals surface area contributed by atoms with E-state index in [-0.39, 0.29) is 5.69 Å². The molecule has 0 heterocycles. The first kappa shape index (κ1) is 17.8. The lowest BCUT2D eigenvalue weighted by Gasteiger charge is -2.22. The molecule has 1 amide bonds. The molecule has 0 radical (unpaired) electrons. The SMILES string of the molecule is CS(=O)(=O)N(CC(=O)Nc1cccc(Cl)c1)c1cccc(C#N)c1. The highest BCUT2D eigenvalue weighted by atomic mass is 35.5. The van der Waals surface area contributed by atoms with Crippen LogP contribution in [-0.4, -0.2) is 27.1 Å². The van der Waals surface area contributed by atoms with Crippen molar-refractivity contribution in [3.8, 4) is 6.07 Å². The van der Waals surface area contributed by atoms with Crippen molar-refractivity contribution in [1.82, 2.24) is 0 Å². The van der Waals surface area contributed by atoms with Crippen LogP contribution in [0, 0.1) is 11.3 Å². The molecule has 0 aromatic heterocycles. The average molecular weight is 364 g/mol. The van der Waals surface area contributed by atoms with Crippen LogP contribution in [0.15, 0.2) is 48.5 Å². The fourth-order valence-electron chi connectivity index (χ4n) is 2.03. The summed E-state index contributed by atoms with van der Waals surface area (Å²) in [6.07, 6.45) is 0.999. The Balaban J connectivity index is 2.23. The molecular formula is C16H14ClN3O3S. The highest BCUT2D eigenvalue weighted by molar-refractivity contribution is 7.92. The van der Waals surface area contributed by atoms with E-state index in [1.165, 1.54) is 12.1 Å². The molecule has 0 atom stereocenters. The third-order valence-corrected chi connectivity index (χ3v) is 4.43. The smallest absolute Gasteiger partial charge is 0.245 e. The number of benzene rings is 2. The molecule has 0 saturated carbocycles. The molecule has 1 N–H and O–H groups in total. The summed E-state index contributed by atoms with van der Waals surface area (Å²) in [6.45, 7) is -0.416. The topological polar surface area (TPSA) is 90.3 Å². The van der Waals surface area contributed by atoms with Gasteiger partial charge in [0, 0.05) is 10.7 Å². The van der Waals surface area contributed by atoms with Crippen molar-refractivity contribution < 1.29 is 13.2 Å². The van der Waals surface area contributed by atoms with E-state index in [9.17, 15) is 13.2 Å². The summed E-state index contributed by atoms with van der Waals surface area (Å²) < 4.78 is 25.0. The van der Waals surface area contributed by atoms with Crippen LogP contribution in [0.5, 0.6) is 0 Å². The van der Waals surface area contributed by atoms with E-state index >= 15 is 0 Å². The normalized spacial score (nSPS) is 10.7. The van der Waals surface area contributed by atoms with Gasteiger partial charge in [-0.25, -0.2) is 8.42 Å². The lowest BCUT2D eigenvalue weighted by atomic mass is 10.2. The third-order valence-electron chi connectivity index (χ3n) is 3.06. The molecule has 2 rings (SSSR count). The van der Waals surface area contributed by atoms with Gasteiger partial charge in [0.25, 0.3) is 0 Å². The number of hydrogen-bond donors (Lipinski definition) is 1. The van der Waals surface area contributed by atoms with Crippen molar-refractivity contribution in [2.75, 3.05) is 22.4 Å². The lowest BCUT2D eigenvalue weighted by Crippen LogP contribution is -2.37. The van der Waals surface area contributed by atoms with Gasteiger partial charge < -0.3 is 5.32 Å². The average Bonchev–Trinajstić information content (AvgIpc) is 2.51. The van der Waals surface area contributed by atoms with Crippen LogP contribution in [0.2, 0.25) is 5.02 Å². The minimum absolute atomic E-state index is 0.248. The van der Waals surface area contributed by atoms with Crippen molar-refractivity contribution >= 4 is 38.9 Å². The van der Waals surface area contributed by atoms with Crippen LogP contribution >= 0.6 is 11.6 Å². The summed E-state index contributed by atoms with van der Waals surface area (Å²) in [7, 11) is -3.70. The number of carbonyl (C=O) groups is 1. The third kappa shape index (κ3) is 4.72. The van der Waals surface area contributed by atoms with Gasteiger partial charge in [0.15, 0.2) is 0 Å². The first-order valence-electron chi connectivity index (χ1n) is 6.83. The van der Waals surface area contributed by atoms with Gasteiger partial charge in [-0.15, -0.1) is 0 Å². The molecule has 2 aromatic carbocycles. The lowest BCUT2D eigenvalue weighted by molar-refractivity contribution is -0.114. The standard InChI is InChI=1S/C16H14ClN3O3S/c1-24(22,23)20(15-7-2-4-12(8-15)10-18)11-16(21)19-14-6-3-5-13(17)9-14/h2-9H,11H2,1H3,(H,19,21). The number of nitriles is 1. The Morgan fingerprint density at radius 1 is 1.25 bits per heavy atom. The van der Waals surface area contributed by atoms with E-state index in [0.29, 0.717) is 16.3 Å². The second-order valence-electron chi connectivity index (χ2n) is 4.99. The van der Waals surface area contributed by atoms with Gasteiger partial charge in [0.05, 0.1) is 23.6 Å². The van der Waals surface area contributed by atoms with Crippen molar-refractivity contribution in [2.45, 2.75) is 0 Å². The maximum absolute atomic E-state index is 12.2. The van der Waals surface area contributed by atoms with Gasteiger partial charge in [-0.05, 0) is 36.4 Å². The Kier molecular flexibility index (Phi) is 5.44. The fraction of sp³-hybridized carbons (Fsp3) is 0.125. The van der Waals surface area contributed by atoms with Crippen molar-refractivity contribution in [3.05, 3.63) is 59.1 Å². The largest absolute Gasteiger partial charge is 0.324 e. The van der Waals surface area contributed by atoms with Gasteiger partial charge >= 0.3 is 0 Å². The summed E-state index contributed by atoms with van der Waals surface area (Å²) in [5.41, 5.74) is 1.01. The van der Waals surface area contributed by atoms with E-state index < -0.39 is 22.5 Å². The van der Waals surface area contributed by atoms with Crippen molar-refractivity contribution in [1.29, 1.82) is 5.26 Å². The first-order valence-corrected chi connectivity index (χ1v) is 9.05. The second-order valence-corrected chi connectivity index (χ2v) is 7.33. The van der Waals surface area contributed by atoms with Gasteiger partial charge in [-0.3, -0.25) is 9.10 Å². The first-order chi connectivity index (χ1) is 11.3. The maximum Gasteiger partial charge on any atom is 0.245 e. The molecule has 0 aliphatic heterocycles. The fourth-order valence-corrected chi connectivity index (χ4v) is 3.07. The number of hydrogen-bond acceptors (Lipinski definition) is 4. The molecular weight excluding hydrogens is 350 g/mol. The summed E-state index contributed by atoms with van der Waals surface area (Å²) >= 11 is 5.85. The van der Waals surface area contributed by atoms with Gasteiger partial charge in [0.2, 0.25) is 15.9 Å². The number of rotatable bonds is 5. The molecule has 6 nitrogen and oxygen atoms in total. The van der Waals surface area contributed by atoms with Crippen LogP contribution in [0.3, 0.4) is 0 Å². The van der Waals surface area contributed by atoms with Gasteiger partial charge in [-0.2, -0.15) is 5.26 Å². The second kappa shape index (κ2) is 7.34. The monoisotopic (exact) mass is 363 g/mol. The zero-order chi connectivity index (χ0) is 17.7. The predicted octanol–water partition coefficient (Wildman–Crippen LogP) is 2.62. The minimum Gasteiger partial charge on any atom is -0.324 e. The van der Waals surface area contributed by atoms with E-state index in [0.717, 1.165) is 10.6 Å². The Bertz CT molecular complexity index is 907. The summed E-state index contributed by atoms with van der Waals surface area (Å²) in [6, 6.07) is 14.5. The molecule has 0 bridgehead atoms. The maximum atomic E-state index is 12.2. The Hall–Kier alpha value is -2.56. The van der Waals surface area contributed by atoms with E-state index in [1.807, 2.05) is 6.07 Å². The Labute approximate surface area is 145 Å². The Morgan fingerprint density at radius 2 is 1.96 bits per heavy atom. The highest BCUT2D eigenvalue weighted by Gasteiger charge is 2.21. The van der Waals surface area contributed by atoms with E-state index in [4.69, 9.17) is 16.9 Å². The van der Waals surface area contributed by atoms with Gasteiger partial charge in [0.1, 0.15) is 6.54 Å². The summed E-state index contributed by atoms with van der Waals surface area (Å²) in [5.74, 6) is -0.523. The molecule has 2 aromatic rings. The van der Waals surface area contributed by atoms with Crippen LogP contribution in [-0.2, 0) is 14.8 Å².